The van der Waals surface area contributed by atoms with E-state index in [1.54, 1.807) is 18.3 Å². The van der Waals surface area contributed by atoms with Crippen LogP contribution in [0.25, 0.3) is 10.9 Å². The van der Waals surface area contributed by atoms with E-state index in [0.29, 0.717) is 5.56 Å². The van der Waals surface area contributed by atoms with Crippen molar-refractivity contribution in [1.29, 1.82) is 5.26 Å². The molecule has 2 rings (SSSR count). The molecule has 1 heterocycles. The topological polar surface area (TPSA) is 85.8 Å². The largest absolute Gasteiger partial charge is 0.507 e. The zero-order valence-corrected chi connectivity index (χ0v) is 8.07. The Balaban J connectivity index is 2.53. The number of hydrogen-bond acceptors (Lipinski definition) is 3. The van der Waals surface area contributed by atoms with Crippen LogP contribution in [0, 0.1) is 11.3 Å². The third-order valence-corrected chi connectivity index (χ3v) is 2.45. The van der Waals surface area contributed by atoms with Crippen LogP contribution >= 0.6 is 0 Å². The highest BCUT2D eigenvalue weighted by atomic mass is 16.3. The Hall–Kier alpha value is -1.99. The van der Waals surface area contributed by atoms with E-state index < -0.39 is 6.04 Å². The molecule has 0 radical (unpaired) electrons. The molecular weight excluding hydrogens is 190 g/mol. The maximum Gasteiger partial charge on any atom is 0.129 e. The van der Waals surface area contributed by atoms with E-state index in [1.807, 2.05) is 12.1 Å². The molecular formula is C11H11N3O. The minimum Gasteiger partial charge on any atom is -0.507 e. The summed E-state index contributed by atoms with van der Waals surface area (Å²) < 4.78 is 0. The lowest BCUT2D eigenvalue weighted by atomic mass is 10.0. The van der Waals surface area contributed by atoms with Gasteiger partial charge in [0.15, 0.2) is 0 Å². The molecule has 0 saturated carbocycles. The van der Waals surface area contributed by atoms with Crippen molar-refractivity contribution in [2.45, 2.75) is 12.5 Å². The molecule has 4 nitrogen and oxygen atoms in total. The lowest BCUT2D eigenvalue weighted by Gasteiger charge is -2.10. The van der Waals surface area contributed by atoms with Gasteiger partial charge in [-0.15, -0.1) is 0 Å². The van der Waals surface area contributed by atoms with Gasteiger partial charge in [0.1, 0.15) is 5.75 Å². The molecule has 4 N–H and O–H groups in total. The zero-order chi connectivity index (χ0) is 10.8. The molecule has 0 saturated heterocycles. The molecule has 1 aromatic carbocycles. The van der Waals surface area contributed by atoms with Gasteiger partial charge in [-0.05, 0) is 12.1 Å². The molecule has 4 heteroatoms. The Morgan fingerprint density at radius 3 is 3.00 bits per heavy atom. The summed E-state index contributed by atoms with van der Waals surface area (Å²) in [6, 6.07) is 6.94. The van der Waals surface area contributed by atoms with Crippen LogP contribution in [-0.4, -0.2) is 10.1 Å². The van der Waals surface area contributed by atoms with Gasteiger partial charge in [0.2, 0.25) is 0 Å². The summed E-state index contributed by atoms with van der Waals surface area (Å²) in [7, 11) is 0. The predicted molar refractivity (Wildman–Crippen MR) is 57.1 cm³/mol. The van der Waals surface area contributed by atoms with E-state index >= 15 is 0 Å². The monoisotopic (exact) mass is 201 g/mol. The summed E-state index contributed by atoms with van der Waals surface area (Å²) in [5.41, 5.74) is 7.25. The van der Waals surface area contributed by atoms with Crippen molar-refractivity contribution < 1.29 is 5.11 Å². The second kappa shape index (κ2) is 3.64. The normalized spacial score (nSPS) is 12.5. The van der Waals surface area contributed by atoms with E-state index in [2.05, 4.69) is 4.98 Å². The van der Waals surface area contributed by atoms with Crippen molar-refractivity contribution >= 4 is 10.9 Å². The highest BCUT2D eigenvalue weighted by Gasteiger charge is 2.13. The number of fused-ring (bicyclic) bond motifs is 1. The highest BCUT2D eigenvalue weighted by Crippen LogP contribution is 2.32. The predicted octanol–water partition coefficient (Wildman–Crippen LogP) is 1.79. The summed E-state index contributed by atoms with van der Waals surface area (Å²) >= 11 is 0. The van der Waals surface area contributed by atoms with E-state index in [-0.39, 0.29) is 12.2 Å². The molecule has 15 heavy (non-hydrogen) atoms. The number of phenolic OH excluding ortho intramolecular Hbond substituents is 1. The van der Waals surface area contributed by atoms with E-state index in [1.165, 1.54) is 0 Å². The number of aromatic nitrogens is 1. The molecule has 0 bridgehead atoms. The molecule has 1 unspecified atom stereocenters. The molecule has 0 amide bonds. The standard InChI is InChI=1S/C11H11N3O/c12-5-3-9(13)7-1-2-10-8(11(7)15)4-6-14-10/h1-2,4,6,9,14-15H,3,13H2. The molecule has 0 aliphatic heterocycles. The number of benzene rings is 1. The number of phenols is 1. The van der Waals surface area contributed by atoms with Gasteiger partial charge in [0, 0.05) is 28.7 Å². The van der Waals surface area contributed by atoms with Crippen molar-refractivity contribution in [2.75, 3.05) is 0 Å². The van der Waals surface area contributed by atoms with Crippen molar-refractivity contribution in [3.63, 3.8) is 0 Å². The smallest absolute Gasteiger partial charge is 0.129 e. The van der Waals surface area contributed by atoms with Crippen LogP contribution in [0.1, 0.15) is 18.0 Å². The van der Waals surface area contributed by atoms with Gasteiger partial charge < -0.3 is 15.8 Å². The Bertz CT molecular complexity index is 524. The number of aromatic hydroxyl groups is 1. The third kappa shape index (κ3) is 1.53. The molecule has 76 valence electrons. The van der Waals surface area contributed by atoms with Gasteiger partial charge in [-0.3, -0.25) is 0 Å². The molecule has 1 atom stereocenters. The number of nitrogens with zero attached hydrogens (tertiary/aromatic N) is 1. The minimum atomic E-state index is -0.436. The van der Waals surface area contributed by atoms with E-state index in [0.717, 1.165) is 10.9 Å². The SMILES string of the molecule is N#CCC(N)c1ccc2[nH]ccc2c1O. The Morgan fingerprint density at radius 2 is 2.27 bits per heavy atom. The van der Waals surface area contributed by atoms with Crippen molar-refractivity contribution in [3.8, 4) is 11.8 Å². The zero-order valence-electron chi connectivity index (χ0n) is 8.07. The lowest BCUT2D eigenvalue weighted by molar-refractivity contribution is 0.468. The fourth-order valence-electron chi connectivity index (χ4n) is 1.64. The van der Waals surface area contributed by atoms with Crippen molar-refractivity contribution in [3.05, 3.63) is 30.0 Å². The van der Waals surface area contributed by atoms with Gasteiger partial charge in [0.25, 0.3) is 0 Å². The van der Waals surface area contributed by atoms with Crippen LogP contribution in [-0.2, 0) is 0 Å². The van der Waals surface area contributed by atoms with Crippen LogP contribution < -0.4 is 5.73 Å². The van der Waals surface area contributed by atoms with Gasteiger partial charge >= 0.3 is 0 Å². The number of rotatable bonds is 2. The average Bonchev–Trinajstić information content (AvgIpc) is 2.67. The fraction of sp³-hybridized carbons (Fsp3) is 0.182. The van der Waals surface area contributed by atoms with Crippen molar-refractivity contribution in [2.24, 2.45) is 5.73 Å². The Morgan fingerprint density at radius 1 is 1.47 bits per heavy atom. The first-order valence-electron chi connectivity index (χ1n) is 4.65. The van der Waals surface area contributed by atoms with Crippen LogP contribution in [0.5, 0.6) is 5.75 Å². The number of aromatic amines is 1. The first-order valence-corrected chi connectivity index (χ1v) is 4.65. The van der Waals surface area contributed by atoms with E-state index in [9.17, 15) is 5.11 Å². The summed E-state index contributed by atoms with van der Waals surface area (Å²) in [5.74, 6) is 0.163. The van der Waals surface area contributed by atoms with E-state index in [4.69, 9.17) is 11.0 Å². The summed E-state index contributed by atoms with van der Waals surface area (Å²) in [6.45, 7) is 0. The van der Waals surface area contributed by atoms with Crippen LogP contribution in [0.3, 0.4) is 0 Å². The van der Waals surface area contributed by atoms with Crippen LogP contribution in [0.2, 0.25) is 0 Å². The molecule has 1 aromatic heterocycles. The number of nitrogens with one attached hydrogen (secondary N) is 1. The summed E-state index contributed by atoms with van der Waals surface area (Å²) in [5, 5.41) is 19.2. The molecule has 0 aliphatic rings. The van der Waals surface area contributed by atoms with Gasteiger partial charge in [0.05, 0.1) is 12.5 Å². The first-order chi connectivity index (χ1) is 7.24. The number of hydrogen-bond donors (Lipinski definition) is 3. The Kier molecular flexibility index (Phi) is 2.32. The average molecular weight is 201 g/mol. The maximum absolute atomic E-state index is 9.93. The summed E-state index contributed by atoms with van der Waals surface area (Å²) in [6.07, 6.45) is 1.95. The molecule has 0 fully saturated rings. The number of nitrogens with two attached hydrogens (primary N) is 1. The van der Waals surface area contributed by atoms with Gasteiger partial charge in [-0.1, -0.05) is 6.07 Å². The third-order valence-electron chi connectivity index (χ3n) is 2.45. The fourth-order valence-corrected chi connectivity index (χ4v) is 1.64. The first kappa shape index (κ1) is 9.56. The molecule has 0 aliphatic carbocycles. The van der Waals surface area contributed by atoms with Gasteiger partial charge in [-0.25, -0.2) is 0 Å². The second-order valence-electron chi connectivity index (χ2n) is 3.41. The summed E-state index contributed by atoms with van der Waals surface area (Å²) in [4.78, 5) is 2.99. The second-order valence-corrected chi connectivity index (χ2v) is 3.41. The number of H-pyrrole nitrogens is 1. The molecule has 2 aromatic rings. The lowest BCUT2D eigenvalue weighted by Crippen LogP contribution is -2.09. The van der Waals surface area contributed by atoms with Crippen LogP contribution in [0.15, 0.2) is 24.4 Å². The van der Waals surface area contributed by atoms with Crippen molar-refractivity contribution in [1.82, 2.24) is 4.98 Å². The maximum atomic E-state index is 9.93. The quantitative estimate of drug-likeness (QED) is 0.692. The van der Waals surface area contributed by atoms with Crippen LogP contribution in [0.4, 0.5) is 0 Å². The highest BCUT2D eigenvalue weighted by molar-refractivity contribution is 5.87. The van der Waals surface area contributed by atoms with Gasteiger partial charge in [-0.2, -0.15) is 5.26 Å². The minimum absolute atomic E-state index is 0.163. The number of nitriles is 1. The molecule has 0 spiro atoms. The Labute approximate surface area is 86.9 Å².